The second-order valence-electron chi connectivity index (χ2n) is 9.69. The van der Waals surface area contributed by atoms with Gasteiger partial charge in [0.25, 0.3) is 0 Å². The number of carbonyl (C=O) groups excluding carboxylic acids is 1. The van der Waals surface area contributed by atoms with Gasteiger partial charge in [-0.25, -0.2) is 0 Å². The first kappa shape index (κ1) is 17.4. The predicted molar refractivity (Wildman–Crippen MR) is 100 cm³/mol. The Morgan fingerprint density at radius 1 is 0.846 bits per heavy atom. The van der Waals surface area contributed by atoms with Gasteiger partial charge < -0.3 is 21.1 Å². The van der Waals surface area contributed by atoms with Crippen LogP contribution in [0.15, 0.2) is 0 Å². The number of fused-ring (bicyclic) bond motifs is 2. The van der Waals surface area contributed by atoms with E-state index in [0.717, 1.165) is 44.7 Å². The summed E-state index contributed by atoms with van der Waals surface area (Å²) >= 11 is 0. The van der Waals surface area contributed by atoms with Gasteiger partial charge in [-0.3, -0.25) is 4.79 Å². The van der Waals surface area contributed by atoms with Gasteiger partial charge in [-0.15, -0.1) is 0 Å². The number of aliphatic hydroxyl groups excluding tert-OH is 1. The summed E-state index contributed by atoms with van der Waals surface area (Å²) in [6.07, 6.45) is 10.4. The van der Waals surface area contributed by atoms with Crippen LogP contribution in [0.1, 0.15) is 57.8 Å². The largest absolute Gasteiger partial charge is 0.393 e. The van der Waals surface area contributed by atoms with Crippen molar-refractivity contribution in [1.82, 2.24) is 16.0 Å². The highest BCUT2D eigenvalue weighted by Gasteiger charge is 2.54. The molecule has 6 unspecified atom stereocenters. The average molecular weight is 362 g/mol. The SMILES string of the molecule is O=C1NC2CCCCC2C2CCNC3NCC(C32)[C@H]1C1CCC(O)CC1. The molecule has 3 aliphatic heterocycles. The summed E-state index contributed by atoms with van der Waals surface area (Å²) in [5.74, 6) is 3.42. The molecule has 1 amide bonds. The lowest BCUT2D eigenvalue weighted by Gasteiger charge is -2.50. The zero-order valence-electron chi connectivity index (χ0n) is 15.8. The molecular formula is C21H35N3O2. The van der Waals surface area contributed by atoms with E-state index in [9.17, 15) is 9.90 Å². The van der Waals surface area contributed by atoms with Crippen LogP contribution in [0.5, 0.6) is 0 Å². The summed E-state index contributed by atoms with van der Waals surface area (Å²) in [5, 5.41) is 20.9. The minimum atomic E-state index is -0.149. The Hall–Kier alpha value is -0.650. The van der Waals surface area contributed by atoms with Gasteiger partial charge in [-0.2, -0.15) is 0 Å². The fraction of sp³-hybridized carbons (Fsp3) is 0.952. The Morgan fingerprint density at radius 2 is 1.65 bits per heavy atom. The van der Waals surface area contributed by atoms with Crippen molar-refractivity contribution in [2.24, 2.45) is 35.5 Å². The summed E-state index contributed by atoms with van der Waals surface area (Å²) in [7, 11) is 0. The van der Waals surface area contributed by atoms with Crippen LogP contribution < -0.4 is 16.0 Å². The van der Waals surface area contributed by atoms with Crippen molar-refractivity contribution >= 4 is 5.91 Å². The molecule has 0 aromatic heterocycles. The maximum Gasteiger partial charge on any atom is 0.223 e. The molecule has 5 aliphatic rings. The van der Waals surface area contributed by atoms with Gasteiger partial charge in [-0.05, 0) is 81.1 Å². The number of aliphatic hydroxyl groups is 1. The second kappa shape index (κ2) is 7.06. The Balaban J connectivity index is 1.47. The highest BCUT2D eigenvalue weighted by atomic mass is 16.3. The van der Waals surface area contributed by atoms with E-state index >= 15 is 0 Å². The Bertz CT molecular complexity index is 533. The number of hydrogen-bond donors (Lipinski definition) is 4. The Labute approximate surface area is 157 Å². The van der Waals surface area contributed by atoms with Gasteiger partial charge in [0.2, 0.25) is 5.91 Å². The molecule has 2 aliphatic carbocycles. The van der Waals surface area contributed by atoms with Crippen molar-refractivity contribution in [1.29, 1.82) is 0 Å². The van der Waals surface area contributed by atoms with Crippen LogP contribution >= 0.6 is 0 Å². The molecular weight excluding hydrogens is 326 g/mol. The second-order valence-corrected chi connectivity index (χ2v) is 9.69. The van der Waals surface area contributed by atoms with Crippen molar-refractivity contribution < 1.29 is 9.90 Å². The fourth-order valence-corrected chi connectivity index (χ4v) is 7.37. The first-order chi connectivity index (χ1) is 12.7. The van der Waals surface area contributed by atoms with Crippen molar-refractivity contribution in [3.05, 3.63) is 0 Å². The molecule has 26 heavy (non-hydrogen) atoms. The van der Waals surface area contributed by atoms with Crippen LogP contribution in [0.25, 0.3) is 0 Å². The van der Waals surface area contributed by atoms with Gasteiger partial charge in [0.15, 0.2) is 0 Å². The van der Waals surface area contributed by atoms with Crippen LogP contribution in [0, 0.1) is 35.5 Å². The van der Waals surface area contributed by atoms with Crippen LogP contribution in [0.4, 0.5) is 0 Å². The fourth-order valence-electron chi connectivity index (χ4n) is 7.37. The minimum Gasteiger partial charge on any atom is -0.393 e. The van der Waals surface area contributed by atoms with Gasteiger partial charge in [0.05, 0.1) is 12.3 Å². The molecule has 0 aromatic carbocycles. The Kier molecular flexibility index (Phi) is 4.74. The number of carbonyl (C=O) groups is 1. The highest BCUT2D eigenvalue weighted by molar-refractivity contribution is 5.80. The number of piperidine rings is 1. The van der Waals surface area contributed by atoms with E-state index < -0.39 is 0 Å². The van der Waals surface area contributed by atoms with E-state index in [4.69, 9.17) is 0 Å². The summed E-state index contributed by atoms with van der Waals surface area (Å²) in [6.45, 7) is 2.09. The summed E-state index contributed by atoms with van der Waals surface area (Å²) < 4.78 is 0. The molecule has 7 atom stereocenters. The van der Waals surface area contributed by atoms with Gasteiger partial charge in [0.1, 0.15) is 0 Å². The van der Waals surface area contributed by atoms with Crippen molar-refractivity contribution in [3.63, 3.8) is 0 Å². The van der Waals surface area contributed by atoms with E-state index in [0.29, 0.717) is 41.8 Å². The average Bonchev–Trinajstić information content (AvgIpc) is 3.07. The highest BCUT2D eigenvalue weighted by Crippen LogP contribution is 2.49. The molecule has 5 nitrogen and oxygen atoms in total. The quantitative estimate of drug-likeness (QED) is 0.573. The predicted octanol–water partition coefficient (Wildman–Crippen LogP) is 1.61. The molecule has 3 saturated heterocycles. The molecule has 5 heteroatoms. The topological polar surface area (TPSA) is 73.4 Å². The van der Waals surface area contributed by atoms with E-state index in [1.165, 1.54) is 32.1 Å². The first-order valence-corrected chi connectivity index (χ1v) is 11.2. The summed E-state index contributed by atoms with van der Waals surface area (Å²) in [6, 6.07) is 0.401. The molecule has 0 spiro atoms. The molecule has 0 radical (unpaired) electrons. The monoisotopic (exact) mass is 361 g/mol. The Morgan fingerprint density at radius 3 is 2.50 bits per heavy atom. The van der Waals surface area contributed by atoms with Gasteiger partial charge in [0, 0.05) is 18.5 Å². The van der Waals surface area contributed by atoms with Gasteiger partial charge in [-0.1, -0.05) is 12.8 Å². The van der Waals surface area contributed by atoms with Crippen LogP contribution in [-0.2, 0) is 4.79 Å². The van der Waals surface area contributed by atoms with Gasteiger partial charge >= 0.3 is 0 Å². The molecule has 0 aromatic rings. The number of amides is 1. The van der Waals surface area contributed by atoms with Crippen LogP contribution in [-0.4, -0.2) is 42.4 Å². The lowest BCUT2D eigenvalue weighted by molar-refractivity contribution is -0.135. The third-order valence-electron chi connectivity index (χ3n) is 8.50. The van der Waals surface area contributed by atoms with Crippen molar-refractivity contribution in [3.8, 4) is 0 Å². The zero-order chi connectivity index (χ0) is 17.7. The first-order valence-electron chi connectivity index (χ1n) is 11.2. The number of hydrogen-bond acceptors (Lipinski definition) is 4. The molecule has 4 N–H and O–H groups in total. The third kappa shape index (κ3) is 2.91. The third-order valence-corrected chi connectivity index (χ3v) is 8.50. The van der Waals surface area contributed by atoms with Crippen molar-refractivity contribution in [2.45, 2.75) is 76.1 Å². The van der Waals surface area contributed by atoms with E-state index in [1.807, 2.05) is 0 Å². The maximum atomic E-state index is 13.4. The normalized spacial score (nSPS) is 51.6. The van der Waals surface area contributed by atoms with E-state index in [-0.39, 0.29) is 12.0 Å². The summed E-state index contributed by atoms with van der Waals surface area (Å²) in [4.78, 5) is 13.4. The van der Waals surface area contributed by atoms with E-state index in [1.54, 1.807) is 0 Å². The lowest BCUT2D eigenvalue weighted by Crippen LogP contribution is -2.59. The molecule has 5 fully saturated rings. The van der Waals surface area contributed by atoms with Crippen LogP contribution in [0.2, 0.25) is 0 Å². The summed E-state index contributed by atoms with van der Waals surface area (Å²) in [5.41, 5.74) is 0. The smallest absolute Gasteiger partial charge is 0.223 e. The number of rotatable bonds is 1. The molecule has 2 saturated carbocycles. The van der Waals surface area contributed by atoms with E-state index in [2.05, 4.69) is 16.0 Å². The molecule has 146 valence electrons. The number of nitrogens with one attached hydrogen (secondary N) is 3. The minimum absolute atomic E-state index is 0.135. The zero-order valence-corrected chi connectivity index (χ0v) is 15.8. The van der Waals surface area contributed by atoms with Crippen molar-refractivity contribution in [2.75, 3.05) is 13.1 Å². The molecule has 0 bridgehead atoms. The maximum absolute atomic E-state index is 13.4. The van der Waals surface area contributed by atoms with Crippen LogP contribution in [0.3, 0.4) is 0 Å². The molecule has 5 rings (SSSR count). The standard InChI is InChI=1S/C21H35N3O2/c25-13-7-5-12(6-8-13)18-16-11-23-20-19(16)15(9-10-22-20)14-3-1-2-4-17(14)24-21(18)26/h12-20,22-23,25H,1-11H2,(H,24,26)/t12?,13?,14?,15?,16?,17?,18-,19?,20?/m1/s1. The lowest BCUT2D eigenvalue weighted by atomic mass is 9.60. The molecule has 3 heterocycles.